The summed E-state index contributed by atoms with van der Waals surface area (Å²) >= 11 is 10.8. The molecule has 0 aliphatic carbocycles. The van der Waals surface area contributed by atoms with Crippen LogP contribution in [0.3, 0.4) is 0 Å². The molecule has 90 heavy (non-hydrogen) atoms. The highest BCUT2D eigenvalue weighted by Gasteiger charge is 2.24. The third-order valence-corrected chi connectivity index (χ3v) is 16.9. The lowest BCUT2D eigenvalue weighted by molar-refractivity contribution is 0.0632. The van der Waals surface area contributed by atoms with E-state index in [4.69, 9.17) is 28.5 Å². The van der Waals surface area contributed by atoms with Gasteiger partial charge in [-0.15, -0.1) is 24.0 Å². The summed E-state index contributed by atoms with van der Waals surface area (Å²) in [7, 11) is 6.03. The number of benzene rings is 6. The Labute approximate surface area is 549 Å². The molecule has 6 heterocycles. The van der Waals surface area contributed by atoms with Crippen molar-refractivity contribution in [2.24, 2.45) is 0 Å². The van der Waals surface area contributed by atoms with E-state index in [-0.39, 0.29) is 24.2 Å². The number of aromatic nitrogens is 3. The first-order valence-electron chi connectivity index (χ1n) is 31.5. The molecule has 0 atom stereocenters. The molecule has 3 aromatic heterocycles. The first-order valence-corrected chi connectivity index (χ1v) is 32.4. The minimum absolute atomic E-state index is 0. The van der Waals surface area contributed by atoms with E-state index in [0.717, 1.165) is 162 Å². The molecule has 12 rings (SSSR count). The number of aromatic carboxylic acids is 1. The lowest BCUT2D eigenvalue weighted by atomic mass is 10.1. The van der Waals surface area contributed by atoms with Crippen molar-refractivity contribution in [2.75, 3.05) is 138 Å². The van der Waals surface area contributed by atoms with Crippen molar-refractivity contribution >= 4 is 86.3 Å². The summed E-state index contributed by atoms with van der Waals surface area (Å²) in [6.07, 6.45) is 11.2. The highest BCUT2D eigenvalue weighted by molar-refractivity contribution is 6.18. The molecule has 6 aromatic carbocycles. The zero-order chi connectivity index (χ0) is 62.6. The average molecular weight is 1280 g/mol. The SMILES string of the molecule is CN(C)CCCn1ccc2cc(C(=O)N3CCN(CCc4ccccc4)CC3)ccc21.CN(Cl)CCCCl.Cl.O=C(O)c1ccc2[nH]ccc2c1.O=C(c1ccc2[nH]ccc2c1)N1CCN(CCc2ccccc2)CC1.c1ccc(CCN2CCNCC2)cc1. The van der Waals surface area contributed by atoms with Crippen LogP contribution in [0.1, 0.15) is 60.6 Å². The van der Waals surface area contributed by atoms with E-state index in [1.807, 2.05) is 59.4 Å². The molecule has 3 aliphatic rings. The number of aromatic amines is 2. The first-order chi connectivity index (χ1) is 43.4. The summed E-state index contributed by atoms with van der Waals surface area (Å²) in [5.41, 5.74) is 9.35. The van der Waals surface area contributed by atoms with Crippen LogP contribution in [-0.4, -0.2) is 210 Å². The molecular weight excluding hydrogens is 1190 g/mol. The highest BCUT2D eigenvalue weighted by atomic mass is 35.5. The van der Waals surface area contributed by atoms with Crippen molar-refractivity contribution < 1.29 is 19.5 Å². The Kier molecular flexibility index (Phi) is 29.7. The quantitative estimate of drug-likeness (QED) is 0.0456. The molecule has 18 heteroatoms. The minimum Gasteiger partial charge on any atom is -0.478 e. The largest absolute Gasteiger partial charge is 0.478 e. The Bertz CT molecular complexity index is 3500. The Morgan fingerprint density at radius 2 is 0.922 bits per heavy atom. The maximum absolute atomic E-state index is 13.1. The number of carboxylic acid groups (broad SMARTS) is 1. The molecule has 0 unspecified atom stereocenters. The predicted molar refractivity (Wildman–Crippen MR) is 374 cm³/mol. The van der Waals surface area contributed by atoms with Crippen molar-refractivity contribution in [3.05, 3.63) is 216 Å². The van der Waals surface area contributed by atoms with Crippen molar-refractivity contribution in [3.8, 4) is 0 Å². The van der Waals surface area contributed by atoms with Gasteiger partial charge in [-0.2, -0.15) is 0 Å². The number of halogens is 3. The van der Waals surface area contributed by atoms with Crippen LogP contribution in [0.2, 0.25) is 0 Å². The van der Waals surface area contributed by atoms with Gasteiger partial charge in [-0.25, -0.2) is 9.21 Å². The molecule has 4 N–H and O–H groups in total. The Morgan fingerprint density at radius 3 is 1.36 bits per heavy atom. The maximum atomic E-state index is 13.1. The smallest absolute Gasteiger partial charge is 0.335 e. The maximum Gasteiger partial charge on any atom is 0.335 e. The number of aryl methyl sites for hydroxylation is 1. The summed E-state index contributed by atoms with van der Waals surface area (Å²) < 4.78 is 3.89. The van der Waals surface area contributed by atoms with Gasteiger partial charge in [0, 0.05) is 187 Å². The van der Waals surface area contributed by atoms with Crippen molar-refractivity contribution in [1.29, 1.82) is 0 Å². The minimum atomic E-state index is -0.891. The van der Waals surface area contributed by atoms with Gasteiger partial charge in [-0.3, -0.25) is 19.4 Å². The van der Waals surface area contributed by atoms with Crippen LogP contribution in [0.4, 0.5) is 0 Å². The molecule has 15 nitrogen and oxygen atoms in total. The van der Waals surface area contributed by atoms with Crippen molar-refractivity contribution in [2.45, 2.75) is 38.6 Å². The number of hydrogen-bond acceptors (Lipinski definition) is 9. The Hall–Kier alpha value is -7.02. The summed E-state index contributed by atoms with van der Waals surface area (Å²) in [5.74, 6) is 0.103. The highest BCUT2D eigenvalue weighted by Crippen LogP contribution is 2.22. The molecule has 0 radical (unpaired) electrons. The van der Waals surface area contributed by atoms with Gasteiger partial charge in [0.25, 0.3) is 11.8 Å². The van der Waals surface area contributed by atoms with Gasteiger partial charge in [-0.05, 0) is 154 Å². The molecule has 3 fully saturated rings. The molecule has 0 saturated carbocycles. The standard InChI is InChI=1S/C26H34N4O.C21H23N3O.C12H18N2.C9H7NO2.C4H9Cl2N.ClH/c1-27(2)13-6-14-29-16-12-23-21-24(9-10-25(23)29)26(31)30-19-17-28(18-20-30)15-11-22-7-4-3-5-8-22;25-21(19-6-7-20-18(16-19)8-10-22-20)24-14-12-23(13-15-24)11-9-17-4-2-1-3-5-17;1-2-4-12(5-3-1)6-9-14-10-7-13-8-11-14;11-9(12)7-1-2-8-6(5-7)3-4-10-8;1-7(6)4-2-3-5;/h3-5,7-10,12,16,21H,6,11,13-15,17-20H2,1-2H3;1-8,10,16,22H,9,11-15H2;1-5,13H,6-11H2;1-5,10H,(H,11,12);2-4H2,1H3;1H. The number of amides is 2. The fourth-order valence-corrected chi connectivity index (χ4v) is 11.4. The average Bonchev–Trinajstić information content (AvgIpc) is 3.32. The van der Waals surface area contributed by atoms with Gasteiger partial charge < -0.3 is 44.6 Å². The summed E-state index contributed by atoms with van der Waals surface area (Å²) in [6.45, 7) is 18.0. The molecular formula is C72H92Cl3N11O4. The number of alkyl halides is 1. The predicted octanol–water partition coefficient (Wildman–Crippen LogP) is 11.9. The van der Waals surface area contributed by atoms with Crippen LogP contribution < -0.4 is 5.32 Å². The van der Waals surface area contributed by atoms with E-state index >= 15 is 0 Å². The lowest BCUT2D eigenvalue weighted by Gasteiger charge is -2.34. The number of fused-ring (bicyclic) bond motifs is 3. The summed E-state index contributed by atoms with van der Waals surface area (Å²) in [4.78, 5) is 56.2. The molecule has 480 valence electrons. The Morgan fingerprint density at radius 1 is 0.489 bits per heavy atom. The van der Waals surface area contributed by atoms with Gasteiger partial charge in [0.2, 0.25) is 0 Å². The van der Waals surface area contributed by atoms with Gasteiger partial charge >= 0.3 is 5.97 Å². The van der Waals surface area contributed by atoms with Crippen LogP contribution in [-0.2, 0) is 25.8 Å². The lowest BCUT2D eigenvalue weighted by Crippen LogP contribution is -2.49. The van der Waals surface area contributed by atoms with Crippen LogP contribution in [0.15, 0.2) is 182 Å². The second-order valence-electron chi connectivity index (χ2n) is 23.2. The van der Waals surface area contributed by atoms with Gasteiger partial charge in [-0.1, -0.05) is 91.0 Å². The number of carboxylic acids is 1. The molecule has 3 saturated heterocycles. The number of carbonyl (C=O) groups excluding carboxylic acids is 2. The molecule has 2 amide bonds. The number of carbonyl (C=O) groups is 3. The van der Waals surface area contributed by atoms with E-state index in [1.165, 1.54) is 48.3 Å². The van der Waals surface area contributed by atoms with E-state index in [1.54, 1.807) is 28.8 Å². The van der Waals surface area contributed by atoms with Crippen LogP contribution in [0.5, 0.6) is 0 Å². The van der Waals surface area contributed by atoms with Crippen LogP contribution in [0.25, 0.3) is 32.7 Å². The monoisotopic (exact) mass is 1280 g/mol. The number of nitrogens with zero attached hydrogens (tertiary/aromatic N) is 8. The van der Waals surface area contributed by atoms with Crippen LogP contribution >= 0.6 is 35.8 Å². The van der Waals surface area contributed by atoms with E-state index in [9.17, 15) is 14.4 Å². The molecule has 3 aliphatic heterocycles. The van der Waals surface area contributed by atoms with Crippen LogP contribution in [0, 0.1) is 0 Å². The number of nitrogens with one attached hydrogen (secondary N) is 3. The third kappa shape index (κ3) is 23.0. The van der Waals surface area contributed by atoms with E-state index in [2.05, 4.69) is 169 Å². The topological polar surface area (TPSA) is 143 Å². The van der Waals surface area contributed by atoms with Gasteiger partial charge in [0.1, 0.15) is 0 Å². The third-order valence-electron chi connectivity index (χ3n) is 16.4. The normalized spacial score (nSPS) is 14.6. The fourth-order valence-electron chi connectivity index (χ4n) is 11.2. The van der Waals surface area contributed by atoms with Gasteiger partial charge in [0.05, 0.1) is 5.56 Å². The first kappa shape index (κ1) is 70.4. The van der Waals surface area contributed by atoms with Gasteiger partial charge in [0.15, 0.2) is 0 Å². The number of hydrogen-bond donors (Lipinski definition) is 4. The summed E-state index contributed by atoms with van der Waals surface area (Å²) in [6, 6.07) is 55.0. The second-order valence-corrected chi connectivity index (χ2v) is 24.2. The second kappa shape index (κ2) is 38.0. The number of rotatable bonds is 19. The van der Waals surface area contributed by atoms with Crippen molar-refractivity contribution in [3.63, 3.8) is 0 Å². The van der Waals surface area contributed by atoms with E-state index < -0.39 is 5.97 Å². The fraction of sp³-hybridized carbons (Fsp3) is 0.375. The zero-order valence-corrected chi connectivity index (χ0v) is 55.0. The molecule has 9 aromatic rings. The van der Waals surface area contributed by atoms with Crippen molar-refractivity contribution in [1.82, 2.24) is 53.7 Å². The number of H-pyrrole nitrogens is 2. The zero-order valence-electron chi connectivity index (χ0n) is 52.7. The summed E-state index contributed by atoms with van der Waals surface area (Å²) in [5, 5.41) is 15.2. The molecule has 0 bridgehead atoms. The van der Waals surface area contributed by atoms with E-state index in [0.29, 0.717) is 11.4 Å². The molecule has 0 spiro atoms. The number of piperazine rings is 3. The Balaban J connectivity index is 0.000000173.